The third-order valence-electron chi connectivity index (χ3n) is 7.07. The van der Waals surface area contributed by atoms with Crippen LogP contribution in [0.3, 0.4) is 0 Å². The predicted molar refractivity (Wildman–Crippen MR) is 102 cm³/mol. The molecular formula is C21H31N3O3. The summed E-state index contributed by atoms with van der Waals surface area (Å²) in [4.78, 5) is 29.1. The van der Waals surface area contributed by atoms with E-state index in [9.17, 15) is 9.59 Å². The van der Waals surface area contributed by atoms with Crippen molar-refractivity contribution in [3.63, 3.8) is 0 Å². The molecule has 4 rings (SSSR count). The average molecular weight is 373 g/mol. The summed E-state index contributed by atoms with van der Waals surface area (Å²) < 4.78 is 5.21. The molecule has 2 amide bonds. The molecule has 3 fully saturated rings. The molecule has 3 aliphatic rings. The molecule has 2 bridgehead atoms. The summed E-state index contributed by atoms with van der Waals surface area (Å²) in [5.74, 6) is 2.81. The fourth-order valence-corrected chi connectivity index (χ4v) is 5.39. The average Bonchev–Trinajstić information content (AvgIpc) is 3.44. The van der Waals surface area contributed by atoms with E-state index in [0.29, 0.717) is 37.9 Å². The SMILES string of the molecule is C[C@H](NC(=O)[C@@H](C)N1CCN(C(=O)c2ccco2)CC1)[C@H]1C[C@H]2CC[C@H]1C2. The number of furan rings is 1. The second-order valence-electron chi connectivity index (χ2n) is 8.62. The maximum absolute atomic E-state index is 12.8. The van der Waals surface area contributed by atoms with E-state index in [4.69, 9.17) is 4.42 Å². The van der Waals surface area contributed by atoms with E-state index in [1.165, 1.54) is 31.9 Å². The first-order valence-corrected chi connectivity index (χ1v) is 10.4. The lowest BCUT2D eigenvalue weighted by Crippen LogP contribution is -2.56. The molecule has 6 nitrogen and oxygen atoms in total. The van der Waals surface area contributed by atoms with Gasteiger partial charge in [0.25, 0.3) is 5.91 Å². The molecule has 2 aliphatic carbocycles. The molecule has 0 aromatic carbocycles. The molecule has 27 heavy (non-hydrogen) atoms. The molecule has 1 aromatic heterocycles. The fraction of sp³-hybridized carbons (Fsp3) is 0.714. The monoisotopic (exact) mass is 373 g/mol. The van der Waals surface area contributed by atoms with E-state index >= 15 is 0 Å². The molecule has 1 N–H and O–H groups in total. The summed E-state index contributed by atoms with van der Waals surface area (Å²) in [5, 5.41) is 3.28. The Balaban J connectivity index is 1.25. The predicted octanol–water partition coefficient (Wildman–Crippen LogP) is 2.37. The second kappa shape index (κ2) is 7.66. The molecule has 1 aromatic rings. The molecular weight excluding hydrogens is 342 g/mol. The maximum atomic E-state index is 12.8. The molecule has 0 spiro atoms. The Hall–Kier alpha value is -1.82. The van der Waals surface area contributed by atoms with Crippen LogP contribution in [0.25, 0.3) is 0 Å². The van der Waals surface area contributed by atoms with E-state index in [1.807, 2.05) is 6.92 Å². The highest BCUT2D eigenvalue weighted by Crippen LogP contribution is 2.49. The van der Waals surface area contributed by atoms with Crippen LogP contribution in [0.15, 0.2) is 22.8 Å². The van der Waals surface area contributed by atoms with Crippen LogP contribution in [0, 0.1) is 17.8 Å². The number of piperazine rings is 1. The Morgan fingerprint density at radius 1 is 1.15 bits per heavy atom. The van der Waals surface area contributed by atoms with Gasteiger partial charge in [0.05, 0.1) is 12.3 Å². The van der Waals surface area contributed by atoms with Gasteiger partial charge in [0.15, 0.2) is 5.76 Å². The van der Waals surface area contributed by atoms with Gasteiger partial charge in [-0.15, -0.1) is 0 Å². The van der Waals surface area contributed by atoms with Crippen molar-refractivity contribution in [2.24, 2.45) is 17.8 Å². The van der Waals surface area contributed by atoms with E-state index in [0.717, 1.165) is 11.8 Å². The number of carbonyl (C=O) groups is 2. The van der Waals surface area contributed by atoms with Gasteiger partial charge in [-0.2, -0.15) is 0 Å². The molecule has 1 aliphatic heterocycles. The van der Waals surface area contributed by atoms with Gasteiger partial charge >= 0.3 is 0 Å². The van der Waals surface area contributed by atoms with Crippen LogP contribution in [0.4, 0.5) is 0 Å². The van der Waals surface area contributed by atoms with Crippen LogP contribution in [0.5, 0.6) is 0 Å². The van der Waals surface area contributed by atoms with Gasteiger partial charge in [0.2, 0.25) is 5.91 Å². The first-order chi connectivity index (χ1) is 13.0. The summed E-state index contributed by atoms with van der Waals surface area (Å²) in [6, 6.07) is 3.53. The highest BCUT2D eigenvalue weighted by atomic mass is 16.3. The third-order valence-corrected chi connectivity index (χ3v) is 7.07. The van der Waals surface area contributed by atoms with E-state index in [2.05, 4.69) is 17.1 Å². The van der Waals surface area contributed by atoms with Crippen LogP contribution in [-0.4, -0.2) is 59.9 Å². The molecule has 148 valence electrons. The molecule has 5 atom stereocenters. The van der Waals surface area contributed by atoms with Crippen molar-refractivity contribution < 1.29 is 14.0 Å². The van der Waals surface area contributed by atoms with Crippen LogP contribution in [0.2, 0.25) is 0 Å². The Labute approximate surface area is 161 Å². The smallest absolute Gasteiger partial charge is 0.289 e. The lowest BCUT2D eigenvalue weighted by molar-refractivity contribution is -0.127. The minimum atomic E-state index is -0.160. The van der Waals surface area contributed by atoms with E-state index in [-0.39, 0.29) is 23.9 Å². The van der Waals surface area contributed by atoms with Gasteiger partial charge in [0, 0.05) is 32.2 Å². The topological polar surface area (TPSA) is 65.8 Å². The summed E-state index contributed by atoms with van der Waals surface area (Å²) in [7, 11) is 0. The Morgan fingerprint density at radius 2 is 1.93 bits per heavy atom. The van der Waals surface area contributed by atoms with Crippen molar-refractivity contribution in [3.8, 4) is 0 Å². The van der Waals surface area contributed by atoms with E-state index < -0.39 is 0 Å². The zero-order chi connectivity index (χ0) is 19.0. The Morgan fingerprint density at radius 3 is 2.52 bits per heavy atom. The first kappa shape index (κ1) is 18.5. The summed E-state index contributed by atoms with van der Waals surface area (Å²) in [6.45, 7) is 6.83. The normalized spacial score (nSPS) is 30.3. The number of nitrogens with one attached hydrogen (secondary N) is 1. The van der Waals surface area contributed by atoms with Crippen molar-refractivity contribution in [2.75, 3.05) is 26.2 Å². The van der Waals surface area contributed by atoms with Crippen LogP contribution < -0.4 is 5.32 Å². The number of rotatable bonds is 5. The van der Waals surface area contributed by atoms with Crippen molar-refractivity contribution in [3.05, 3.63) is 24.2 Å². The molecule has 1 saturated heterocycles. The second-order valence-corrected chi connectivity index (χ2v) is 8.62. The largest absolute Gasteiger partial charge is 0.459 e. The van der Waals surface area contributed by atoms with Gasteiger partial charge in [-0.3, -0.25) is 14.5 Å². The van der Waals surface area contributed by atoms with Crippen molar-refractivity contribution in [1.29, 1.82) is 0 Å². The molecule has 2 saturated carbocycles. The minimum absolute atomic E-state index is 0.0679. The number of hydrogen-bond acceptors (Lipinski definition) is 4. The molecule has 0 unspecified atom stereocenters. The number of nitrogens with zero attached hydrogens (tertiary/aromatic N) is 2. The summed E-state index contributed by atoms with van der Waals surface area (Å²) >= 11 is 0. The van der Waals surface area contributed by atoms with Crippen molar-refractivity contribution in [1.82, 2.24) is 15.1 Å². The number of hydrogen-bond donors (Lipinski definition) is 1. The van der Waals surface area contributed by atoms with Crippen LogP contribution in [0.1, 0.15) is 50.1 Å². The quantitative estimate of drug-likeness (QED) is 0.861. The van der Waals surface area contributed by atoms with Crippen LogP contribution in [-0.2, 0) is 4.79 Å². The molecule has 6 heteroatoms. The maximum Gasteiger partial charge on any atom is 0.289 e. The van der Waals surface area contributed by atoms with Gasteiger partial charge in [0.1, 0.15) is 0 Å². The van der Waals surface area contributed by atoms with Crippen molar-refractivity contribution in [2.45, 2.75) is 51.6 Å². The summed E-state index contributed by atoms with van der Waals surface area (Å²) in [5.41, 5.74) is 0. The van der Waals surface area contributed by atoms with Gasteiger partial charge < -0.3 is 14.6 Å². The lowest BCUT2D eigenvalue weighted by atomic mass is 9.84. The summed E-state index contributed by atoms with van der Waals surface area (Å²) in [6.07, 6.45) is 6.91. The molecule has 2 heterocycles. The Bertz CT molecular complexity index is 666. The Kier molecular flexibility index (Phi) is 5.26. The minimum Gasteiger partial charge on any atom is -0.459 e. The first-order valence-electron chi connectivity index (χ1n) is 10.4. The van der Waals surface area contributed by atoms with Crippen LogP contribution >= 0.6 is 0 Å². The standard InChI is InChI=1S/C21H31N3O3/c1-14(18-13-16-5-6-17(18)12-16)22-20(25)15(2)23-7-9-24(10-8-23)21(26)19-4-3-11-27-19/h3-4,11,14-18H,5-10,12-13H2,1-2H3,(H,22,25)/t14-,15+,16-,17-,18+/m0/s1. The number of fused-ring (bicyclic) bond motifs is 2. The highest BCUT2D eigenvalue weighted by molar-refractivity contribution is 5.91. The zero-order valence-corrected chi connectivity index (χ0v) is 16.4. The highest BCUT2D eigenvalue weighted by Gasteiger charge is 2.42. The van der Waals surface area contributed by atoms with Crippen molar-refractivity contribution >= 4 is 11.8 Å². The number of carbonyl (C=O) groups excluding carboxylic acids is 2. The zero-order valence-electron chi connectivity index (χ0n) is 16.4. The van der Waals surface area contributed by atoms with Gasteiger partial charge in [-0.25, -0.2) is 0 Å². The van der Waals surface area contributed by atoms with Gasteiger partial charge in [-0.1, -0.05) is 6.42 Å². The molecule has 0 radical (unpaired) electrons. The van der Waals surface area contributed by atoms with Gasteiger partial charge in [-0.05, 0) is 63.0 Å². The number of amides is 2. The van der Waals surface area contributed by atoms with E-state index in [1.54, 1.807) is 17.0 Å². The third kappa shape index (κ3) is 3.77. The lowest BCUT2D eigenvalue weighted by Gasteiger charge is -2.38. The fourth-order valence-electron chi connectivity index (χ4n) is 5.39.